The number of aromatic nitrogens is 1. The standard InChI is InChI=1S/C37H52N6O6S2/c1-25(2)34(41-37(46)42(5)22-30-24-50-36(39-30)26(3)4)35(45)40-32(19-27-11-7-6-8-12-27)33(44)23-43(21-29-13-9-10-14-29)51(48,49)31-17-15-28(16-18-31)20-38-47/h6-8,11-12,15-18,24-26,29,32-34,44H,9-10,13-14,19-23H2,1-5H3,(H,40,45)(H,41,46)/t32-,33+,34-/m0/s1. The molecule has 1 aliphatic carbocycles. The number of nitrogens with one attached hydrogen (secondary N) is 2. The van der Waals surface area contributed by atoms with E-state index in [2.05, 4.69) is 34.6 Å². The van der Waals surface area contributed by atoms with Crippen molar-refractivity contribution in [3.63, 3.8) is 0 Å². The molecule has 0 spiro atoms. The van der Waals surface area contributed by atoms with Gasteiger partial charge in [0.1, 0.15) is 12.6 Å². The minimum Gasteiger partial charge on any atom is -0.390 e. The van der Waals surface area contributed by atoms with Crippen LogP contribution in [-0.4, -0.2) is 78.0 Å². The fourth-order valence-electron chi connectivity index (χ4n) is 6.26. The van der Waals surface area contributed by atoms with Crippen LogP contribution in [0.2, 0.25) is 0 Å². The zero-order chi connectivity index (χ0) is 37.1. The largest absolute Gasteiger partial charge is 0.390 e. The first kappa shape index (κ1) is 40.1. The van der Waals surface area contributed by atoms with Crippen LogP contribution in [0.1, 0.15) is 81.1 Å². The van der Waals surface area contributed by atoms with Crippen LogP contribution in [0.5, 0.6) is 0 Å². The lowest BCUT2D eigenvalue weighted by molar-refractivity contribution is -0.125. The van der Waals surface area contributed by atoms with E-state index in [-0.39, 0.29) is 55.2 Å². The Bertz CT molecular complexity index is 1680. The highest BCUT2D eigenvalue weighted by atomic mass is 32.2. The van der Waals surface area contributed by atoms with Crippen molar-refractivity contribution in [2.45, 2.75) is 102 Å². The number of hydrogen-bond acceptors (Lipinski definition) is 9. The van der Waals surface area contributed by atoms with Gasteiger partial charge in [0.2, 0.25) is 15.9 Å². The maximum absolute atomic E-state index is 14.1. The Morgan fingerprint density at radius 3 is 2.25 bits per heavy atom. The number of aliphatic hydroxyl groups excluding tert-OH is 1. The summed E-state index contributed by atoms with van der Waals surface area (Å²) in [5.74, 6) is -0.344. The average Bonchev–Trinajstić information content (AvgIpc) is 3.80. The highest BCUT2D eigenvalue weighted by Crippen LogP contribution is 2.28. The molecule has 3 atom stereocenters. The van der Waals surface area contributed by atoms with Gasteiger partial charge in [-0.1, -0.05) is 88.2 Å². The van der Waals surface area contributed by atoms with E-state index in [0.717, 1.165) is 41.9 Å². The first-order valence-corrected chi connectivity index (χ1v) is 20.0. The zero-order valence-electron chi connectivity index (χ0n) is 30.2. The van der Waals surface area contributed by atoms with Crippen molar-refractivity contribution >= 4 is 33.3 Å². The molecule has 278 valence electrons. The highest BCUT2D eigenvalue weighted by Gasteiger charge is 2.35. The SMILES string of the molecule is CC(C)c1nc(CN(C)C(=O)N[C@H](C(=O)N[C@@H](Cc2ccccc2)[C@H](O)CN(CC2CCCC2)S(=O)(=O)c2ccc(CN=O)cc2)C(C)C)cs1. The second-order valence-electron chi connectivity index (χ2n) is 14.1. The number of nitroso groups, excluding NO2 is 1. The maximum Gasteiger partial charge on any atom is 0.318 e. The smallest absolute Gasteiger partial charge is 0.318 e. The normalized spacial score (nSPS) is 15.5. The van der Waals surface area contributed by atoms with Crippen LogP contribution in [0.3, 0.4) is 0 Å². The van der Waals surface area contributed by atoms with Gasteiger partial charge >= 0.3 is 6.03 Å². The Morgan fingerprint density at radius 1 is 1.00 bits per heavy atom. The Kier molecular flexibility index (Phi) is 14.7. The van der Waals surface area contributed by atoms with E-state index in [1.165, 1.54) is 21.3 Å². The summed E-state index contributed by atoms with van der Waals surface area (Å²) in [5, 5.41) is 23.4. The first-order valence-electron chi connectivity index (χ1n) is 17.6. The van der Waals surface area contributed by atoms with Gasteiger partial charge < -0.3 is 20.6 Å². The van der Waals surface area contributed by atoms with Crippen LogP contribution < -0.4 is 10.6 Å². The van der Waals surface area contributed by atoms with Crippen molar-refractivity contribution < 1.29 is 23.1 Å². The van der Waals surface area contributed by atoms with Crippen LogP contribution in [0.25, 0.3) is 0 Å². The van der Waals surface area contributed by atoms with Gasteiger partial charge in [0.15, 0.2) is 0 Å². The molecule has 4 rings (SSSR count). The minimum absolute atomic E-state index is 0.0516. The molecule has 3 aromatic rings. The summed E-state index contributed by atoms with van der Waals surface area (Å²) < 4.78 is 29.4. The van der Waals surface area contributed by atoms with Gasteiger partial charge in [0.25, 0.3) is 0 Å². The molecule has 0 bridgehead atoms. The van der Waals surface area contributed by atoms with E-state index < -0.39 is 40.1 Å². The lowest BCUT2D eigenvalue weighted by Gasteiger charge is -2.33. The predicted molar refractivity (Wildman–Crippen MR) is 200 cm³/mol. The zero-order valence-corrected chi connectivity index (χ0v) is 31.8. The Morgan fingerprint density at radius 2 is 1.67 bits per heavy atom. The third-order valence-electron chi connectivity index (χ3n) is 9.26. The lowest BCUT2D eigenvalue weighted by Crippen LogP contribution is -2.58. The van der Waals surface area contributed by atoms with Gasteiger partial charge in [-0.05, 0) is 54.4 Å². The van der Waals surface area contributed by atoms with Gasteiger partial charge in [-0.2, -0.15) is 9.21 Å². The molecular weight excluding hydrogens is 689 g/mol. The molecule has 3 amide bonds. The maximum atomic E-state index is 14.1. The monoisotopic (exact) mass is 740 g/mol. The highest BCUT2D eigenvalue weighted by molar-refractivity contribution is 7.89. The Labute approximate surface area is 306 Å². The van der Waals surface area contributed by atoms with E-state index >= 15 is 0 Å². The number of amides is 3. The number of aliphatic hydroxyl groups is 1. The molecule has 14 heteroatoms. The third kappa shape index (κ3) is 11.4. The molecule has 0 saturated heterocycles. The van der Waals surface area contributed by atoms with Crippen LogP contribution >= 0.6 is 11.3 Å². The number of rotatable bonds is 18. The third-order valence-corrected chi connectivity index (χ3v) is 12.3. The van der Waals surface area contributed by atoms with E-state index in [9.17, 15) is 28.0 Å². The number of carbonyl (C=O) groups excluding carboxylic acids is 2. The summed E-state index contributed by atoms with van der Waals surface area (Å²) in [5.41, 5.74) is 2.21. The summed E-state index contributed by atoms with van der Waals surface area (Å²) in [6.07, 6.45) is 2.76. The molecule has 51 heavy (non-hydrogen) atoms. The average molecular weight is 741 g/mol. The van der Waals surface area contributed by atoms with E-state index in [1.807, 2.05) is 49.6 Å². The fraction of sp³-hybridized carbons (Fsp3) is 0.541. The fourth-order valence-corrected chi connectivity index (χ4v) is 8.62. The van der Waals surface area contributed by atoms with E-state index in [0.29, 0.717) is 5.56 Å². The number of carbonyl (C=O) groups is 2. The number of sulfonamides is 1. The molecule has 3 N–H and O–H groups in total. The van der Waals surface area contributed by atoms with E-state index in [1.54, 1.807) is 30.5 Å². The van der Waals surface area contributed by atoms with Crippen LogP contribution in [0, 0.1) is 16.7 Å². The Hall–Kier alpha value is -3.72. The number of benzene rings is 2. The molecule has 2 aromatic carbocycles. The molecule has 1 aliphatic rings. The quantitative estimate of drug-likeness (QED) is 0.142. The lowest BCUT2D eigenvalue weighted by atomic mass is 9.98. The molecule has 0 unspecified atom stereocenters. The van der Waals surface area contributed by atoms with Crippen LogP contribution in [-0.2, 0) is 34.3 Å². The number of hydrogen-bond donors (Lipinski definition) is 3. The van der Waals surface area contributed by atoms with Gasteiger partial charge in [-0.3, -0.25) is 4.79 Å². The summed E-state index contributed by atoms with van der Waals surface area (Å²) in [4.78, 5) is 44.1. The summed E-state index contributed by atoms with van der Waals surface area (Å²) in [7, 11) is -2.40. The minimum atomic E-state index is -4.05. The van der Waals surface area contributed by atoms with Crippen molar-refractivity contribution in [2.75, 3.05) is 20.1 Å². The number of thiazole rings is 1. The first-order chi connectivity index (χ1) is 24.3. The molecule has 0 aliphatic heterocycles. The van der Waals surface area contributed by atoms with Crippen molar-refractivity contribution in [1.29, 1.82) is 0 Å². The van der Waals surface area contributed by atoms with Gasteiger partial charge in [-0.15, -0.1) is 11.3 Å². The summed E-state index contributed by atoms with van der Waals surface area (Å²) in [6.45, 7) is 7.98. The topological polar surface area (TPSA) is 161 Å². The van der Waals surface area contributed by atoms with E-state index in [4.69, 9.17) is 0 Å². The van der Waals surface area contributed by atoms with Crippen LogP contribution in [0.4, 0.5) is 4.79 Å². The molecule has 0 radical (unpaired) electrons. The molecule has 1 saturated carbocycles. The Balaban J connectivity index is 1.54. The number of urea groups is 1. The molecular formula is C37H52N6O6S2. The van der Waals surface area contributed by atoms with Crippen molar-refractivity contribution in [3.05, 3.63) is 86.7 Å². The van der Waals surface area contributed by atoms with Crippen molar-refractivity contribution in [1.82, 2.24) is 24.8 Å². The molecule has 1 aromatic heterocycles. The summed E-state index contributed by atoms with van der Waals surface area (Å²) >= 11 is 1.55. The summed E-state index contributed by atoms with van der Waals surface area (Å²) in [6, 6.07) is 13.2. The van der Waals surface area contributed by atoms with Gasteiger partial charge in [0.05, 0.1) is 34.3 Å². The van der Waals surface area contributed by atoms with Gasteiger partial charge in [-0.25, -0.2) is 18.2 Å². The van der Waals surface area contributed by atoms with Crippen LogP contribution in [0.15, 0.2) is 70.0 Å². The second-order valence-corrected chi connectivity index (χ2v) is 17.0. The van der Waals surface area contributed by atoms with Gasteiger partial charge in [0, 0.05) is 31.4 Å². The second kappa shape index (κ2) is 18.7. The van der Waals surface area contributed by atoms with Crippen molar-refractivity contribution in [2.24, 2.45) is 17.0 Å². The number of nitrogens with zero attached hydrogens (tertiary/aromatic N) is 4. The van der Waals surface area contributed by atoms with Crippen molar-refractivity contribution in [3.8, 4) is 0 Å². The molecule has 12 nitrogen and oxygen atoms in total. The molecule has 1 fully saturated rings. The predicted octanol–water partition coefficient (Wildman–Crippen LogP) is 5.67. The molecule has 1 heterocycles.